The average Bonchev–Trinajstić information content (AvgIpc) is 2.61. The number of para-hydroxylation sites is 1. The van der Waals surface area contributed by atoms with Gasteiger partial charge in [0.25, 0.3) is 5.91 Å². The number of amides is 1. The zero-order valence-electron chi connectivity index (χ0n) is 14.2. The van der Waals surface area contributed by atoms with Gasteiger partial charge >= 0.3 is 0 Å². The van der Waals surface area contributed by atoms with Crippen LogP contribution in [0.1, 0.15) is 34.7 Å². The Morgan fingerprint density at radius 1 is 1.21 bits per heavy atom. The summed E-state index contributed by atoms with van der Waals surface area (Å²) in [5.74, 6) is 2.13. The number of benzene rings is 1. The third kappa shape index (κ3) is 3.91. The molecule has 5 nitrogen and oxygen atoms in total. The molecule has 0 atom stereocenters. The molecule has 24 heavy (non-hydrogen) atoms. The molecule has 0 radical (unpaired) electrons. The van der Waals surface area contributed by atoms with Crippen LogP contribution < -0.4 is 4.74 Å². The number of carbonyl (C=O) groups excluding carboxylic acids is 1. The zero-order chi connectivity index (χ0) is 16.9. The van der Waals surface area contributed by atoms with Gasteiger partial charge in [-0.1, -0.05) is 18.2 Å². The van der Waals surface area contributed by atoms with Gasteiger partial charge in [0.15, 0.2) is 0 Å². The molecule has 126 valence electrons. The van der Waals surface area contributed by atoms with Crippen LogP contribution in [-0.4, -0.2) is 40.5 Å². The van der Waals surface area contributed by atoms with E-state index >= 15 is 0 Å². The van der Waals surface area contributed by atoms with Crippen molar-refractivity contribution in [3.05, 3.63) is 53.6 Å². The van der Waals surface area contributed by atoms with E-state index < -0.39 is 0 Å². The molecule has 1 aliphatic heterocycles. The number of aromatic nitrogens is 2. The van der Waals surface area contributed by atoms with Crippen molar-refractivity contribution in [2.75, 3.05) is 19.7 Å². The summed E-state index contributed by atoms with van der Waals surface area (Å²) in [6, 6.07) is 9.87. The Bertz CT molecular complexity index is 695. The van der Waals surface area contributed by atoms with Gasteiger partial charge in [-0.3, -0.25) is 4.79 Å². The van der Waals surface area contributed by atoms with Crippen molar-refractivity contribution in [3.8, 4) is 5.75 Å². The second-order valence-electron chi connectivity index (χ2n) is 6.28. The predicted octanol–water partition coefficient (Wildman–Crippen LogP) is 3.02. The van der Waals surface area contributed by atoms with Crippen LogP contribution in [-0.2, 0) is 0 Å². The van der Waals surface area contributed by atoms with Crippen LogP contribution in [0.15, 0.2) is 36.5 Å². The van der Waals surface area contributed by atoms with Crippen molar-refractivity contribution in [1.29, 1.82) is 0 Å². The van der Waals surface area contributed by atoms with Crippen molar-refractivity contribution < 1.29 is 9.53 Å². The number of hydrogen-bond donors (Lipinski definition) is 0. The van der Waals surface area contributed by atoms with Crippen LogP contribution in [0, 0.1) is 19.8 Å². The summed E-state index contributed by atoms with van der Waals surface area (Å²) < 4.78 is 5.83. The van der Waals surface area contributed by atoms with E-state index in [1.165, 1.54) is 0 Å². The second-order valence-corrected chi connectivity index (χ2v) is 6.28. The normalized spacial score (nSPS) is 15.3. The highest BCUT2D eigenvalue weighted by Gasteiger charge is 2.25. The van der Waals surface area contributed by atoms with Gasteiger partial charge in [-0.2, -0.15) is 0 Å². The summed E-state index contributed by atoms with van der Waals surface area (Å²) in [5.41, 5.74) is 1.36. The predicted molar refractivity (Wildman–Crippen MR) is 92.1 cm³/mol. The number of hydrogen-bond acceptors (Lipinski definition) is 4. The summed E-state index contributed by atoms with van der Waals surface area (Å²) in [4.78, 5) is 23.0. The average molecular weight is 325 g/mol. The number of aryl methyl sites for hydroxylation is 2. The summed E-state index contributed by atoms with van der Waals surface area (Å²) in [5, 5.41) is 0. The van der Waals surface area contributed by atoms with E-state index in [0.29, 0.717) is 23.9 Å². The third-order valence-corrected chi connectivity index (χ3v) is 4.46. The number of rotatable bonds is 4. The first-order valence-corrected chi connectivity index (χ1v) is 8.41. The van der Waals surface area contributed by atoms with E-state index in [1.807, 2.05) is 49.1 Å². The maximum absolute atomic E-state index is 12.6. The lowest BCUT2D eigenvalue weighted by Gasteiger charge is -2.32. The van der Waals surface area contributed by atoms with Crippen molar-refractivity contribution in [1.82, 2.24) is 14.9 Å². The molecule has 1 amide bonds. The first kappa shape index (κ1) is 16.4. The maximum atomic E-state index is 12.6. The summed E-state index contributed by atoms with van der Waals surface area (Å²) in [6.45, 7) is 5.92. The summed E-state index contributed by atoms with van der Waals surface area (Å²) in [7, 11) is 0. The fourth-order valence-corrected chi connectivity index (χ4v) is 3.00. The molecule has 0 aliphatic carbocycles. The van der Waals surface area contributed by atoms with Gasteiger partial charge in [-0.05, 0) is 44.7 Å². The van der Waals surface area contributed by atoms with Crippen LogP contribution >= 0.6 is 0 Å². The highest BCUT2D eigenvalue weighted by molar-refractivity contribution is 5.95. The molecule has 0 unspecified atom stereocenters. The monoisotopic (exact) mass is 325 g/mol. The highest BCUT2D eigenvalue weighted by Crippen LogP contribution is 2.21. The van der Waals surface area contributed by atoms with Gasteiger partial charge < -0.3 is 9.64 Å². The minimum Gasteiger partial charge on any atom is -0.493 e. The van der Waals surface area contributed by atoms with E-state index in [1.54, 1.807) is 6.20 Å². The molecule has 0 spiro atoms. The quantitative estimate of drug-likeness (QED) is 0.867. The first-order chi connectivity index (χ1) is 11.6. The van der Waals surface area contributed by atoms with Gasteiger partial charge in [0.05, 0.1) is 17.9 Å². The van der Waals surface area contributed by atoms with Crippen LogP contribution in [0.4, 0.5) is 0 Å². The Labute approximate surface area is 142 Å². The second kappa shape index (κ2) is 7.43. The molecule has 1 fully saturated rings. The summed E-state index contributed by atoms with van der Waals surface area (Å²) >= 11 is 0. The van der Waals surface area contributed by atoms with Crippen molar-refractivity contribution in [2.24, 2.45) is 5.92 Å². The van der Waals surface area contributed by atoms with E-state index in [-0.39, 0.29) is 5.91 Å². The minimum absolute atomic E-state index is 0.0370. The molecule has 0 N–H and O–H groups in total. The van der Waals surface area contributed by atoms with Crippen molar-refractivity contribution in [2.45, 2.75) is 26.7 Å². The topological polar surface area (TPSA) is 55.3 Å². The largest absolute Gasteiger partial charge is 0.493 e. The van der Waals surface area contributed by atoms with E-state index in [4.69, 9.17) is 4.74 Å². The molecule has 2 aromatic rings. The molecule has 3 rings (SSSR count). The molecule has 0 saturated carbocycles. The van der Waals surface area contributed by atoms with Crippen LogP contribution in [0.25, 0.3) is 0 Å². The molecule has 2 heterocycles. The first-order valence-electron chi connectivity index (χ1n) is 8.41. The molecule has 0 bridgehead atoms. The number of ether oxygens (including phenoxy) is 1. The van der Waals surface area contributed by atoms with Gasteiger partial charge in [-0.25, -0.2) is 9.97 Å². The summed E-state index contributed by atoms with van der Waals surface area (Å²) in [6.07, 6.45) is 3.57. The van der Waals surface area contributed by atoms with E-state index in [2.05, 4.69) is 9.97 Å². The SMILES string of the molecule is Cc1ncc(C(=O)N2CCC(COc3ccccc3)CC2)c(C)n1. The standard InChI is InChI=1S/C19H23N3O2/c1-14-18(12-20-15(2)21-14)19(23)22-10-8-16(9-11-22)13-24-17-6-4-3-5-7-17/h3-7,12,16H,8-11,13H2,1-2H3. The van der Waals surface area contributed by atoms with Gasteiger partial charge in [0.2, 0.25) is 0 Å². The fourth-order valence-electron chi connectivity index (χ4n) is 3.00. The Balaban J connectivity index is 1.52. The molecule has 1 aliphatic rings. The zero-order valence-corrected chi connectivity index (χ0v) is 14.2. The van der Waals surface area contributed by atoms with E-state index in [9.17, 15) is 4.79 Å². The van der Waals surface area contributed by atoms with Crippen LogP contribution in [0.5, 0.6) is 5.75 Å². The van der Waals surface area contributed by atoms with Crippen molar-refractivity contribution >= 4 is 5.91 Å². The van der Waals surface area contributed by atoms with Crippen LogP contribution in [0.2, 0.25) is 0 Å². The minimum atomic E-state index is 0.0370. The van der Waals surface area contributed by atoms with Gasteiger partial charge in [-0.15, -0.1) is 0 Å². The Hall–Kier alpha value is -2.43. The maximum Gasteiger partial charge on any atom is 0.257 e. The molecular formula is C19H23N3O2. The lowest BCUT2D eigenvalue weighted by Crippen LogP contribution is -2.40. The highest BCUT2D eigenvalue weighted by atomic mass is 16.5. The Morgan fingerprint density at radius 2 is 1.92 bits per heavy atom. The van der Waals surface area contributed by atoms with Gasteiger partial charge in [0.1, 0.15) is 11.6 Å². The van der Waals surface area contributed by atoms with Crippen LogP contribution in [0.3, 0.4) is 0 Å². The molecular weight excluding hydrogens is 302 g/mol. The Morgan fingerprint density at radius 3 is 2.58 bits per heavy atom. The van der Waals surface area contributed by atoms with E-state index in [0.717, 1.165) is 37.4 Å². The van der Waals surface area contributed by atoms with Gasteiger partial charge in [0, 0.05) is 19.3 Å². The molecule has 1 aromatic heterocycles. The fraction of sp³-hybridized carbons (Fsp3) is 0.421. The Kier molecular flexibility index (Phi) is 5.08. The lowest BCUT2D eigenvalue weighted by molar-refractivity contribution is 0.0659. The number of piperidine rings is 1. The molecule has 1 aromatic carbocycles. The number of carbonyl (C=O) groups is 1. The number of likely N-dealkylation sites (tertiary alicyclic amines) is 1. The molecule has 1 saturated heterocycles. The third-order valence-electron chi connectivity index (χ3n) is 4.46. The van der Waals surface area contributed by atoms with Crippen molar-refractivity contribution in [3.63, 3.8) is 0 Å². The number of nitrogens with zero attached hydrogens (tertiary/aromatic N) is 3. The smallest absolute Gasteiger partial charge is 0.257 e. The molecule has 5 heteroatoms. The lowest BCUT2D eigenvalue weighted by atomic mass is 9.97.